The van der Waals surface area contributed by atoms with Crippen LogP contribution in [-0.2, 0) is 0 Å². The number of hydrogen-bond donors (Lipinski definition) is 3. The van der Waals surface area contributed by atoms with Gasteiger partial charge in [0.2, 0.25) is 0 Å². The Labute approximate surface area is 101 Å². The van der Waals surface area contributed by atoms with Crippen LogP contribution in [-0.4, -0.2) is 21.2 Å². The van der Waals surface area contributed by atoms with Crippen LogP contribution in [0.1, 0.15) is 10.5 Å². The molecule has 0 saturated heterocycles. The summed E-state index contributed by atoms with van der Waals surface area (Å²) in [5, 5.41) is 17.8. The highest BCUT2D eigenvalue weighted by molar-refractivity contribution is 5.87. The van der Waals surface area contributed by atoms with E-state index in [1.165, 1.54) is 24.3 Å². The van der Waals surface area contributed by atoms with Gasteiger partial charge in [0.1, 0.15) is 5.82 Å². The van der Waals surface area contributed by atoms with Crippen LogP contribution in [0.5, 0.6) is 5.75 Å². The number of aromatic nitrogens is 1. The minimum atomic E-state index is -1.19. The van der Waals surface area contributed by atoms with Gasteiger partial charge in [-0.05, 0) is 29.8 Å². The molecule has 0 fully saturated rings. The summed E-state index contributed by atoms with van der Waals surface area (Å²) in [6.07, 6.45) is 0. The van der Waals surface area contributed by atoms with E-state index in [0.717, 1.165) is 6.07 Å². The summed E-state index contributed by atoms with van der Waals surface area (Å²) in [5.74, 6) is -2.45. The molecule has 1 aromatic carbocycles. The molecule has 0 unspecified atom stereocenters. The number of carbonyl (C=O) groups is 1. The zero-order valence-corrected chi connectivity index (χ0v) is 9.09. The van der Waals surface area contributed by atoms with Crippen LogP contribution in [0.3, 0.4) is 0 Å². The Morgan fingerprint density at radius 2 is 2.00 bits per heavy atom. The number of phenolic OH excluding ortho intramolecular Hbond substituents is 1. The van der Waals surface area contributed by atoms with Crippen molar-refractivity contribution in [3.63, 3.8) is 0 Å². The van der Waals surface area contributed by atoms with Gasteiger partial charge >= 0.3 is 5.97 Å². The Bertz CT molecular complexity index is 629. The molecule has 0 spiro atoms. The fourth-order valence-electron chi connectivity index (χ4n) is 1.51. The third-order valence-electron chi connectivity index (χ3n) is 2.40. The van der Waals surface area contributed by atoms with E-state index in [-0.39, 0.29) is 11.5 Å². The van der Waals surface area contributed by atoms with E-state index in [9.17, 15) is 9.18 Å². The Kier molecular flexibility index (Phi) is 2.85. The van der Waals surface area contributed by atoms with Crippen molar-refractivity contribution in [1.82, 2.24) is 4.98 Å². The van der Waals surface area contributed by atoms with Gasteiger partial charge in [-0.25, -0.2) is 14.2 Å². The first-order chi connectivity index (χ1) is 8.49. The molecule has 1 heterocycles. The molecule has 0 amide bonds. The van der Waals surface area contributed by atoms with Gasteiger partial charge in [-0.15, -0.1) is 0 Å². The number of halogens is 1. The van der Waals surface area contributed by atoms with E-state index in [4.69, 9.17) is 15.9 Å². The first-order valence-corrected chi connectivity index (χ1v) is 4.97. The number of carboxylic acid groups (broad SMARTS) is 1. The van der Waals surface area contributed by atoms with Crippen LogP contribution < -0.4 is 5.73 Å². The molecule has 0 aliphatic heterocycles. The maximum Gasteiger partial charge on any atom is 0.354 e. The van der Waals surface area contributed by atoms with Crippen molar-refractivity contribution < 1.29 is 19.4 Å². The van der Waals surface area contributed by atoms with Crippen molar-refractivity contribution in [2.75, 3.05) is 5.73 Å². The van der Waals surface area contributed by atoms with E-state index < -0.39 is 17.5 Å². The van der Waals surface area contributed by atoms with E-state index in [2.05, 4.69) is 4.98 Å². The van der Waals surface area contributed by atoms with Gasteiger partial charge in [-0.3, -0.25) is 0 Å². The number of aromatic hydroxyl groups is 1. The molecule has 0 radical (unpaired) electrons. The largest absolute Gasteiger partial charge is 0.505 e. The fraction of sp³-hybridized carbons (Fsp3) is 0. The van der Waals surface area contributed by atoms with E-state index in [0.29, 0.717) is 11.1 Å². The van der Waals surface area contributed by atoms with Gasteiger partial charge in [0, 0.05) is 5.56 Å². The van der Waals surface area contributed by atoms with E-state index in [1.807, 2.05) is 0 Å². The number of carboxylic acids is 1. The van der Waals surface area contributed by atoms with Crippen LogP contribution >= 0.6 is 0 Å². The number of pyridine rings is 1. The molecular formula is C12H9FN2O3. The highest BCUT2D eigenvalue weighted by Gasteiger charge is 2.11. The lowest BCUT2D eigenvalue weighted by atomic mass is 10.1. The summed E-state index contributed by atoms with van der Waals surface area (Å²) in [6, 6.07) is 6.47. The number of anilines is 1. The molecular weight excluding hydrogens is 239 g/mol. The van der Waals surface area contributed by atoms with E-state index >= 15 is 0 Å². The van der Waals surface area contributed by atoms with Crippen molar-refractivity contribution in [2.24, 2.45) is 0 Å². The van der Waals surface area contributed by atoms with Crippen molar-refractivity contribution in [3.05, 3.63) is 41.8 Å². The highest BCUT2D eigenvalue weighted by atomic mass is 19.1. The monoisotopic (exact) mass is 248 g/mol. The van der Waals surface area contributed by atoms with Crippen LogP contribution in [0.25, 0.3) is 11.1 Å². The second-order valence-corrected chi connectivity index (χ2v) is 3.60. The summed E-state index contributed by atoms with van der Waals surface area (Å²) >= 11 is 0. The topological polar surface area (TPSA) is 96.4 Å². The number of nitrogens with zero attached hydrogens (tertiary/aromatic N) is 1. The molecule has 6 heteroatoms. The average Bonchev–Trinajstić information content (AvgIpc) is 2.32. The molecule has 0 atom stereocenters. The molecule has 92 valence electrons. The lowest BCUT2D eigenvalue weighted by Gasteiger charge is -2.06. The number of phenols is 1. The van der Waals surface area contributed by atoms with Gasteiger partial charge in [-0.1, -0.05) is 6.07 Å². The van der Waals surface area contributed by atoms with Gasteiger partial charge in [0.25, 0.3) is 0 Å². The Morgan fingerprint density at radius 1 is 1.28 bits per heavy atom. The van der Waals surface area contributed by atoms with Gasteiger partial charge in [-0.2, -0.15) is 0 Å². The maximum absolute atomic E-state index is 13.2. The smallest absolute Gasteiger partial charge is 0.354 e. The van der Waals surface area contributed by atoms with Crippen LogP contribution in [0, 0.1) is 5.82 Å². The van der Waals surface area contributed by atoms with Crippen molar-refractivity contribution >= 4 is 11.8 Å². The second-order valence-electron chi connectivity index (χ2n) is 3.60. The summed E-state index contributed by atoms with van der Waals surface area (Å²) in [6.45, 7) is 0. The molecule has 1 aromatic heterocycles. The normalized spacial score (nSPS) is 10.3. The van der Waals surface area contributed by atoms with Gasteiger partial charge < -0.3 is 15.9 Å². The van der Waals surface area contributed by atoms with Crippen LogP contribution in [0.15, 0.2) is 30.3 Å². The molecule has 2 rings (SSSR count). The molecule has 4 N–H and O–H groups in total. The van der Waals surface area contributed by atoms with Gasteiger partial charge in [0.05, 0.1) is 0 Å². The van der Waals surface area contributed by atoms with Gasteiger partial charge in [0.15, 0.2) is 17.3 Å². The lowest BCUT2D eigenvalue weighted by molar-refractivity contribution is 0.0690. The Balaban J connectivity index is 2.51. The fourth-order valence-corrected chi connectivity index (χ4v) is 1.51. The zero-order chi connectivity index (χ0) is 13.3. The molecule has 5 nitrogen and oxygen atoms in total. The van der Waals surface area contributed by atoms with Crippen molar-refractivity contribution in [1.29, 1.82) is 0 Å². The highest BCUT2D eigenvalue weighted by Crippen LogP contribution is 2.28. The average molecular weight is 248 g/mol. The minimum Gasteiger partial charge on any atom is -0.505 e. The first kappa shape index (κ1) is 11.8. The third-order valence-corrected chi connectivity index (χ3v) is 2.40. The predicted molar refractivity (Wildman–Crippen MR) is 62.7 cm³/mol. The third kappa shape index (κ3) is 2.08. The van der Waals surface area contributed by atoms with Crippen LogP contribution in [0.2, 0.25) is 0 Å². The number of rotatable bonds is 2. The molecule has 2 aromatic rings. The predicted octanol–water partition coefficient (Wildman–Crippen LogP) is 1.87. The lowest BCUT2D eigenvalue weighted by Crippen LogP contribution is -2.04. The summed E-state index contributed by atoms with van der Waals surface area (Å²) in [7, 11) is 0. The van der Waals surface area contributed by atoms with E-state index in [1.54, 1.807) is 0 Å². The Morgan fingerprint density at radius 3 is 2.56 bits per heavy atom. The number of aromatic carboxylic acids is 1. The standard InChI is InChI=1S/C12H9FN2O3/c13-8-5-6(1-4-10(8)16)7-2-3-9(12(17)18)15-11(7)14/h1-5,16H,(H2,14,15)(H,17,18). The first-order valence-electron chi connectivity index (χ1n) is 4.97. The second kappa shape index (κ2) is 4.33. The quantitative estimate of drug-likeness (QED) is 0.753. The molecule has 0 bridgehead atoms. The molecule has 18 heavy (non-hydrogen) atoms. The zero-order valence-electron chi connectivity index (χ0n) is 9.09. The molecule has 0 saturated carbocycles. The maximum atomic E-state index is 13.2. The number of nitrogen functional groups attached to an aromatic ring is 1. The summed E-state index contributed by atoms with van der Waals surface area (Å²) in [4.78, 5) is 14.4. The Hall–Kier alpha value is -2.63. The number of nitrogens with two attached hydrogens (primary N) is 1. The summed E-state index contributed by atoms with van der Waals surface area (Å²) < 4.78 is 13.2. The molecule has 0 aliphatic rings. The molecule has 0 aliphatic carbocycles. The number of benzene rings is 1. The van der Waals surface area contributed by atoms with Crippen molar-refractivity contribution in [2.45, 2.75) is 0 Å². The minimum absolute atomic E-state index is 0.0139. The summed E-state index contributed by atoms with van der Waals surface area (Å²) in [5.41, 5.74) is 6.25. The van der Waals surface area contributed by atoms with Crippen molar-refractivity contribution in [3.8, 4) is 16.9 Å². The SMILES string of the molecule is Nc1nc(C(=O)O)ccc1-c1ccc(O)c(F)c1. The number of hydrogen-bond acceptors (Lipinski definition) is 4. The van der Waals surface area contributed by atoms with Crippen LogP contribution in [0.4, 0.5) is 10.2 Å².